The van der Waals surface area contributed by atoms with E-state index in [-0.39, 0.29) is 13.2 Å². The van der Waals surface area contributed by atoms with Crippen molar-refractivity contribution in [3.05, 3.63) is 52.3 Å². The van der Waals surface area contributed by atoms with E-state index in [2.05, 4.69) is 5.10 Å². The van der Waals surface area contributed by atoms with Gasteiger partial charge in [-0.1, -0.05) is 12.1 Å². The van der Waals surface area contributed by atoms with Crippen LogP contribution in [0.15, 0.2) is 24.3 Å². The van der Waals surface area contributed by atoms with Crippen LogP contribution in [0.4, 0.5) is 13.2 Å². The molecule has 1 aromatic carbocycles. The summed E-state index contributed by atoms with van der Waals surface area (Å²) in [6.45, 7) is 4.00. The molecule has 0 atom stereocenters. The maximum Gasteiger partial charge on any atom is 0.416 e. The first-order chi connectivity index (χ1) is 9.82. The Morgan fingerprint density at radius 1 is 1.24 bits per heavy atom. The number of hydrogen-bond donors (Lipinski definition) is 1. The van der Waals surface area contributed by atoms with Crippen molar-refractivity contribution in [1.29, 1.82) is 0 Å². The molecular weight excluding hydrogens is 281 g/mol. The number of aromatic nitrogens is 2. The minimum absolute atomic E-state index is 0.0247. The first kappa shape index (κ1) is 15.6. The van der Waals surface area contributed by atoms with Gasteiger partial charge in [0.1, 0.15) is 0 Å². The van der Waals surface area contributed by atoms with Crippen molar-refractivity contribution in [3.8, 4) is 0 Å². The molecule has 0 aliphatic rings. The average Bonchev–Trinajstić information content (AvgIpc) is 2.66. The molecule has 1 heterocycles. The smallest absolute Gasteiger partial charge is 0.396 e. The van der Waals surface area contributed by atoms with Gasteiger partial charge in [0.05, 0.1) is 17.8 Å². The van der Waals surface area contributed by atoms with Crippen molar-refractivity contribution in [3.63, 3.8) is 0 Å². The van der Waals surface area contributed by atoms with E-state index in [4.69, 9.17) is 5.11 Å². The number of halogens is 3. The first-order valence-electron chi connectivity index (χ1n) is 6.63. The molecular formula is C15H17F3N2O. The van der Waals surface area contributed by atoms with E-state index in [1.54, 1.807) is 10.7 Å². The van der Waals surface area contributed by atoms with Gasteiger partial charge in [0.25, 0.3) is 0 Å². The highest BCUT2D eigenvalue weighted by atomic mass is 19.4. The highest BCUT2D eigenvalue weighted by molar-refractivity contribution is 5.28. The van der Waals surface area contributed by atoms with Crippen LogP contribution in [0.25, 0.3) is 0 Å². The van der Waals surface area contributed by atoms with E-state index in [1.807, 2.05) is 13.8 Å². The zero-order valence-electron chi connectivity index (χ0n) is 11.9. The highest BCUT2D eigenvalue weighted by Gasteiger charge is 2.30. The molecule has 0 saturated heterocycles. The van der Waals surface area contributed by atoms with Gasteiger partial charge in [-0.25, -0.2) is 0 Å². The van der Waals surface area contributed by atoms with Gasteiger partial charge in [-0.05, 0) is 43.5 Å². The molecule has 0 fully saturated rings. The lowest BCUT2D eigenvalue weighted by atomic mass is 10.1. The van der Waals surface area contributed by atoms with Crippen molar-refractivity contribution >= 4 is 0 Å². The summed E-state index contributed by atoms with van der Waals surface area (Å²) in [5, 5.41) is 13.4. The fourth-order valence-corrected chi connectivity index (χ4v) is 2.38. The molecule has 2 aromatic rings. The summed E-state index contributed by atoms with van der Waals surface area (Å²) in [5.74, 6) is 0. The number of aliphatic hydroxyl groups excluding tert-OH is 1. The van der Waals surface area contributed by atoms with Gasteiger partial charge in [-0.2, -0.15) is 18.3 Å². The predicted octanol–water partition coefficient (Wildman–Crippen LogP) is 3.10. The average molecular weight is 298 g/mol. The fourth-order valence-electron chi connectivity index (χ4n) is 2.38. The molecule has 0 radical (unpaired) electrons. The van der Waals surface area contributed by atoms with Crippen molar-refractivity contribution < 1.29 is 18.3 Å². The molecule has 1 aromatic heterocycles. The maximum absolute atomic E-state index is 12.7. The van der Waals surface area contributed by atoms with Crippen molar-refractivity contribution in [2.24, 2.45) is 0 Å². The molecule has 21 heavy (non-hydrogen) atoms. The van der Waals surface area contributed by atoms with Crippen LogP contribution < -0.4 is 0 Å². The second-order valence-corrected chi connectivity index (χ2v) is 4.98. The Hall–Kier alpha value is -1.82. The molecule has 3 nitrogen and oxygen atoms in total. The Kier molecular flexibility index (Phi) is 4.37. The van der Waals surface area contributed by atoms with Crippen molar-refractivity contribution in [1.82, 2.24) is 9.78 Å². The second-order valence-electron chi connectivity index (χ2n) is 4.98. The summed E-state index contributed by atoms with van der Waals surface area (Å²) < 4.78 is 39.8. The minimum Gasteiger partial charge on any atom is -0.396 e. The molecule has 114 valence electrons. The van der Waals surface area contributed by atoms with Crippen molar-refractivity contribution in [2.45, 2.75) is 33.0 Å². The van der Waals surface area contributed by atoms with Gasteiger partial charge in [0, 0.05) is 12.3 Å². The van der Waals surface area contributed by atoms with Gasteiger partial charge in [-0.15, -0.1) is 0 Å². The normalized spacial score (nSPS) is 11.9. The standard InChI is InChI=1S/C15H17F3N2O/c1-10-14(6-7-21)11(2)20(19-10)9-12-4-3-5-13(8-12)15(16,17)18/h3-5,8,21H,6-7,9H2,1-2H3. The summed E-state index contributed by atoms with van der Waals surface area (Å²) >= 11 is 0. The monoisotopic (exact) mass is 298 g/mol. The molecule has 6 heteroatoms. The SMILES string of the molecule is Cc1nn(Cc2cccc(C(F)(F)F)c2)c(C)c1CCO. The molecule has 0 aliphatic carbocycles. The summed E-state index contributed by atoms with van der Waals surface area (Å²) in [7, 11) is 0. The van der Waals surface area contributed by atoms with Gasteiger partial charge in [0.2, 0.25) is 0 Å². The Morgan fingerprint density at radius 3 is 2.57 bits per heavy atom. The Bertz CT molecular complexity index is 632. The van der Waals surface area contributed by atoms with E-state index >= 15 is 0 Å². The number of nitrogens with zero attached hydrogens (tertiary/aromatic N) is 2. The summed E-state index contributed by atoms with van der Waals surface area (Å²) in [5.41, 5.74) is 2.51. The number of alkyl halides is 3. The lowest BCUT2D eigenvalue weighted by Gasteiger charge is -2.10. The second kappa shape index (κ2) is 5.89. The van der Waals surface area contributed by atoms with E-state index in [0.29, 0.717) is 12.0 Å². The van der Waals surface area contributed by atoms with Crippen LogP contribution in [0.5, 0.6) is 0 Å². The van der Waals surface area contributed by atoms with Crippen LogP contribution in [-0.2, 0) is 19.1 Å². The number of aryl methyl sites for hydroxylation is 1. The third-order valence-corrected chi connectivity index (χ3v) is 3.48. The lowest BCUT2D eigenvalue weighted by molar-refractivity contribution is -0.137. The van der Waals surface area contributed by atoms with Gasteiger partial charge >= 0.3 is 6.18 Å². The van der Waals surface area contributed by atoms with Crippen LogP contribution in [0, 0.1) is 13.8 Å². The minimum atomic E-state index is -4.34. The van der Waals surface area contributed by atoms with Crippen LogP contribution in [0.3, 0.4) is 0 Å². The van der Waals surface area contributed by atoms with Crippen LogP contribution in [0.1, 0.15) is 28.1 Å². The van der Waals surface area contributed by atoms with E-state index in [1.165, 1.54) is 6.07 Å². The zero-order chi connectivity index (χ0) is 15.6. The van der Waals surface area contributed by atoms with Gasteiger partial charge < -0.3 is 5.11 Å². The summed E-state index contributed by atoms with van der Waals surface area (Å²) in [6.07, 6.45) is -3.84. The highest BCUT2D eigenvalue weighted by Crippen LogP contribution is 2.29. The fraction of sp³-hybridized carbons (Fsp3) is 0.400. The molecule has 0 unspecified atom stereocenters. The molecule has 0 saturated carbocycles. The maximum atomic E-state index is 12.7. The quantitative estimate of drug-likeness (QED) is 0.942. The number of hydrogen-bond acceptors (Lipinski definition) is 2. The number of aliphatic hydroxyl groups is 1. The Morgan fingerprint density at radius 2 is 1.95 bits per heavy atom. The third kappa shape index (κ3) is 3.44. The predicted molar refractivity (Wildman–Crippen MR) is 73.0 cm³/mol. The molecule has 0 amide bonds. The summed E-state index contributed by atoms with van der Waals surface area (Å²) in [4.78, 5) is 0. The number of benzene rings is 1. The first-order valence-corrected chi connectivity index (χ1v) is 6.63. The Balaban J connectivity index is 2.29. The largest absolute Gasteiger partial charge is 0.416 e. The molecule has 1 N–H and O–H groups in total. The molecule has 0 spiro atoms. The lowest BCUT2D eigenvalue weighted by Crippen LogP contribution is -2.08. The Labute approximate surface area is 121 Å². The zero-order valence-corrected chi connectivity index (χ0v) is 11.9. The third-order valence-electron chi connectivity index (χ3n) is 3.48. The van der Waals surface area contributed by atoms with E-state index in [0.717, 1.165) is 29.1 Å². The van der Waals surface area contributed by atoms with Gasteiger partial charge in [-0.3, -0.25) is 4.68 Å². The van der Waals surface area contributed by atoms with Crippen LogP contribution >= 0.6 is 0 Å². The molecule has 0 aliphatic heterocycles. The van der Waals surface area contributed by atoms with E-state index < -0.39 is 11.7 Å². The van der Waals surface area contributed by atoms with E-state index in [9.17, 15) is 13.2 Å². The topological polar surface area (TPSA) is 38.0 Å². The van der Waals surface area contributed by atoms with Crippen LogP contribution in [-0.4, -0.2) is 21.5 Å². The van der Waals surface area contributed by atoms with Crippen molar-refractivity contribution in [2.75, 3.05) is 6.61 Å². The van der Waals surface area contributed by atoms with Gasteiger partial charge in [0.15, 0.2) is 0 Å². The molecule has 2 rings (SSSR count). The van der Waals surface area contributed by atoms with Crippen LogP contribution in [0.2, 0.25) is 0 Å². The number of rotatable bonds is 4. The molecule has 0 bridgehead atoms. The summed E-state index contributed by atoms with van der Waals surface area (Å²) in [6, 6.07) is 5.25.